The van der Waals surface area contributed by atoms with Gasteiger partial charge in [0.25, 0.3) is 0 Å². The van der Waals surface area contributed by atoms with Gasteiger partial charge in [-0.15, -0.1) is 0 Å². The molecule has 0 unspecified atom stereocenters. The molecule has 4 heteroatoms. The van der Waals surface area contributed by atoms with Crippen molar-refractivity contribution in [3.63, 3.8) is 0 Å². The monoisotopic (exact) mass is 188 g/mol. The van der Waals surface area contributed by atoms with E-state index in [1.165, 1.54) is 25.7 Å². The second-order valence-corrected chi connectivity index (χ2v) is 3.06. The van der Waals surface area contributed by atoms with E-state index in [-0.39, 0.29) is 6.61 Å². The Morgan fingerprint density at radius 3 is 2.62 bits per heavy atom. The molecule has 3 N–H and O–H groups in total. The van der Waals surface area contributed by atoms with Gasteiger partial charge >= 0.3 is 0 Å². The summed E-state index contributed by atoms with van der Waals surface area (Å²) in [5.41, 5.74) is 7.56. The lowest BCUT2D eigenvalue weighted by atomic mass is 10.2. The van der Waals surface area contributed by atoms with Gasteiger partial charge in [0, 0.05) is 6.54 Å². The minimum atomic E-state index is -0.446. The van der Waals surface area contributed by atoms with Crippen LogP contribution in [0.1, 0.15) is 39.0 Å². The van der Waals surface area contributed by atoms with Crippen LogP contribution in [0.25, 0.3) is 0 Å². The first-order valence-corrected chi connectivity index (χ1v) is 4.90. The third-order valence-corrected chi connectivity index (χ3v) is 1.70. The third-order valence-electron chi connectivity index (χ3n) is 1.70. The van der Waals surface area contributed by atoms with Crippen LogP contribution < -0.4 is 11.2 Å². The molecule has 0 aliphatic heterocycles. The van der Waals surface area contributed by atoms with Crippen LogP contribution in [0.4, 0.5) is 0 Å². The lowest BCUT2D eigenvalue weighted by molar-refractivity contribution is -0.125. The van der Waals surface area contributed by atoms with Gasteiger partial charge in [0.1, 0.15) is 6.61 Å². The van der Waals surface area contributed by atoms with Crippen molar-refractivity contribution in [1.29, 1.82) is 0 Å². The second kappa shape index (κ2) is 9.48. The van der Waals surface area contributed by atoms with Crippen molar-refractivity contribution in [1.82, 2.24) is 5.48 Å². The summed E-state index contributed by atoms with van der Waals surface area (Å²) in [6.07, 6.45) is 6.11. The van der Waals surface area contributed by atoms with E-state index in [9.17, 15) is 4.79 Å². The zero-order valence-electron chi connectivity index (χ0n) is 8.34. The van der Waals surface area contributed by atoms with E-state index in [4.69, 9.17) is 10.6 Å². The molecule has 0 saturated heterocycles. The van der Waals surface area contributed by atoms with Crippen LogP contribution in [0.2, 0.25) is 0 Å². The van der Waals surface area contributed by atoms with Crippen molar-refractivity contribution in [3.05, 3.63) is 0 Å². The van der Waals surface area contributed by atoms with E-state index in [0.717, 1.165) is 13.0 Å². The zero-order valence-corrected chi connectivity index (χ0v) is 8.34. The van der Waals surface area contributed by atoms with Gasteiger partial charge in [-0.05, 0) is 6.42 Å². The fourth-order valence-corrected chi connectivity index (χ4v) is 0.995. The Hall–Kier alpha value is -0.610. The number of amides is 1. The van der Waals surface area contributed by atoms with Crippen molar-refractivity contribution < 1.29 is 9.63 Å². The van der Waals surface area contributed by atoms with Crippen LogP contribution in [0.5, 0.6) is 0 Å². The average molecular weight is 188 g/mol. The number of nitrogens with two attached hydrogens (primary N) is 1. The van der Waals surface area contributed by atoms with E-state index in [2.05, 4.69) is 12.4 Å². The SMILES string of the molecule is CCCCCCCNOCC(N)=O. The fraction of sp³-hybridized carbons (Fsp3) is 0.889. The normalized spacial score (nSPS) is 10.2. The predicted molar refractivity (Wildman–Crippen MR) is 51.9 cm³/mol. The van der Waals surface area contributed by atoms with Crippen molar-refractivity contribution in [2.75, 3.05) is 13.2 Å². The number of primary amides is 1. The first-order chi connectivity index (χ1) is 6.27. The maximum absolute atomic E-state index is 10.2. The minimum Gasteiger partial charge on any atom is -0.368 e. The topological polar surface area (TPSA) is 64.3 Å². The van der Waals surface area contributed by atoms with Gasteiger partial charge in [0.15, 0.2) is 0 Å². The molecule has 0 radical (unpaired) electrons. The van der Waals surface area contributed by atoms with Crippen molar-refractivity contribution in [2.24, 2.45) is 5.73 Å². The Bertz CT molecular complexity index is 129. The molecular weight excluding hydrogens is 168 g/mol. The molecule has 0 bridgehead atoms. The van der Waals surface area contributed by atoms with Crippen LogP contribution in [0, 0.1) is 0 Å². The lowest BCUT2D eigenvalue weighted by Crippen LogP contribution is -2.25. The molecule has 0 heterocycles. The van der Waals surface area contributed by atoms with E-state index in [1.807, 2.05) is 0 Å². The number of rotatable bonds is 9. The highest BCUT2D eigenvalue weighted by atomic mass is 16.6. The summed E-state index contributed by atoms with van der Waals surface area (Å²) in [6, 6.07) is 0. The minimum absolute atomic E-state index is 0.0467. The van der Waals surface area contributed by atoms with Gasteiger partial charge in [-0.1, -0.05) is 32.6 Å². The number of carbonyl (C=O) groups excluding carboxylic acids is 1. The van der Waals surface area contributed by atoms with Crippen molar-refractivity contribution >= 4 is 5.91 Å². The maximum atomic E-state index is 10.2. The number of carbonyl (C=O) groups is 1. The number of hydrogen-bond donors (Lipinski definition) is 2. The van der Waals surface area contributed by atoms with Crippen LogP contribution >= 0.6 is 0 Å². The molecule has 0 spiro atoms. The van der Waals surface area contributed by atoms with Crippen LogP contribution in [-0.4, -0.2) is 19.1 Å². The van der Waals surface area contributed by atoms with Crippen LogP contribution in [-0.2, 0) is 9.63 Å². The summed E-state index contributed by atoms with van der Waals surface area (Å²) >= 11 is 0. The van der Waals surface area contributed by atoms with E-state index in [1.54, 1.807) is 0 Å². The Morgan fingerprint density at radius 1 is 1.31 bits per heavy atom. The average Bonchev–Trinajstić information content (AvgIpc) is 2.09. The molecule has 0 fully saturated rings. The summed E-state index contributed by atoms with van der Waals surface area (Å²) in [7, 11) is 0. The lowest BCUT2D eigenvalue weighted by Gasteiger charge is -2.03. The summed E-state index contributed by atoms with van der Waals surface area (Å²) in [6.45, 7) is 2.93. The second-order valence-electron chi connectivity index (χ2n) is 3.06. The van der Waals surface area contributed by atoms with E-state index >= 15 is 0 Å². The largest absolute Gasteiger partial charge is 0.368 e. The highest BCUT2D eigenvalue weighted by Gasteiger charge is 1.93. The number of hydrogen-bond acceptors (Lipinski definition) is 3. The van der Waals surface area contributed by atoms with Crippen LogP contribution in [0.15, 0.2) is 0 Å². The molecule has 0 rings (SSSR count). The molecule has 0 aliphatic rings. The molecule has 0 aliphatic carbocycles. The molecule has 78 valence electrons. The van der Waals surface area contributed by atoms with Gasteiger partial charge in [-0.25, -0.2) is 5.48 Å². The molecule has 0 aromatic rings. The summed E-state index contributed by atoms with van der Waals surface area (Å²) in [5, 5.41) is 0. The van der Waals surface area contributed by atoms with Gasteiger partial charge in [0.2, 0.25) is 5.91 Å². The molecule has 0 atom stereocenters. The summed E-state index contributed by atoms with van der Waals surface area (Å²) < 4.78 is 0. The molecule has 0 saturated carbocycles. The summed E-state index contributed by atoms with van der Waals surface area (Å²) in [5.74, 6) is -0.446. The van der Waals surface area contributed by atoms with Gasteiger partial charge in [0.05, 0.1) is 0 Å². The van der Waals surface area contributed by atoms with Gasteiger partial charge < -0.3 is 5.73 Å². The number of nitrogens with one attached hydrogen (secondary N) is 1. The molecule has 13 heavy (non-hydrogen) atoms. The maximum Gasteiger partial charge on any atom is 0.245 e. The highest BCUT2D eigenvalue weighted by molar-refractivity contribution is 5.74. The fourth-order valence-electron chi connectivity index (χ4n) is 0.995. The standard InChI is InChI=1S/C9H20N2O2/c1-2-3-4-5-6-7-11-13-8-9(10)12/h11H,2-8H2,1H3,(H2,10,12). The molecule has 0 aromatic heterocycles. The Labute approximate surface area is 79.8 Å². The van der Waals surface area contributed by atoms with Crippen LogP contribution in [0.3, 0.4) is 0 Å². The third kappa shape index (κ3) is 11.4. The highest BCUT2D eigenvalue weighted by Crippen LogP contribution is 2.00. The van der Waals surface area contributed by atoms with Gasteiger partial charge in [-0.2, -0.15) is 0 Å². The molecular formula is C9H20N2O2. The number of hydroxylamine groups is 1. The molecule has 1 amide bonds. The Balaban J connectivity index is 2.87. The zero-order chi connectivity index (χ0) is 9.94. The first-order valence-electron chi connectivity index (χ1n) is 4.90. The smallest absolute Gasteiger partial charge is 0.245 e. The number of unbranched alkanes of at least 4 members (excludes halogenated alkanes) is 4. The van der Waals surface area contributed by atoms with E-state index < -0.39 is 5.91 Å². The van der Waals surface area contributed by atoms with Crippen molar-refractivity contribution in [3.8, 4) is 0 Å². The summed E-state index contributed by atoms with van der Waals surface area (Å²) in [4.78, 5) is 15.0. The Kier molecular flexibility index (Phi) is 9.03. The molecule has 4 nitrogen and oxygen atoms in total. The van der Waals surface area contributed by atoms with Crippen molar-refractivity contribution in [2.45, 2.75) is 39.0 Å². The Morgan fingerprint density at radius 2 is 2.00 bits per heavy atom. The van der Waals surface area contributed by atoms with Gasteiger partial charge in [-0.3, -0.25) is 9.63 Å². The quantitative estimate of drug-likeness (QED) is 0.418. The van der Waals surface area contributed by atoms with E-state index in [0.29, 0.717) is 0 Å². The molecule has 0 aromatic carbocycles. The first kappa shape index (κ1) is 12.4. The predicted octanol–water partition coefficient (Wildman–Crippen LogP) is 0.963.